The molecule has 0 radical (unpaired) electrons. The van der Waals surface area contributed by atoms with E-state index in [1.165, 1.54) is 6.07 Å². The second-order valence-corrected chi connectivity index (χ2v) is 4.01. The number of rotatable bonds is 0. The fraction of sp³-hybridized carbons (Fsp3) is 0.333. The summed E-state index contributed by atoms with van der Waals surface area (Å²) in [5.74, 6) is -0.411. The molecule has 0 fully saturated rings. The van der Waals surface area contributed by atoms with Crippen molar-refractivity contribution in [2.75, 3.05) is 0 Å². The van der Waals surface area contributed by atoms with E-state index in [9.17, 15) is 4.39 Å². The smallest absolute Gasteiger partial charge is 0.146 e. The molecule has 1 atom stereocenters. The summed E-state index contributed by atoms with van der Waals surface area (Å²) in [6.07, 6.45) is 1.48. The molecule has 0 saturated carbocycles. The number of halogens is 3. The van der Waals surface area contributed by atoms with Crippen molar-refractivity contribution in [3.63, 3.8) is 0 Å². The Morgan fingerprint density at radius 3 is 2.77 bits per heavy atom. The molecule has 70 valence electrons. The van der Waals surface area contributed by atoms with Crippen molar-refractivity contribution in [2.24, 2.45) is 5.73 Å². The molecule has 0 spiro atoms. The third-order valence-electron chi connectivity index (χ3n) is 2.39. The molecule has 0 unspecified atom stereocenters. The van der Waals surface area contributed by atoms with Gasteiger partial charge in [0.25, 0.3) is 0 Å². The highest BCUT2D eigenvalue weighted by molar-refractivity contribution is 6.35. The second-order valence-electron chi connectivity index (χ2n) is 3.19. The van der Waals surface area contributed by atoms with Crippen LogP contribution in [-0.4, -0.2) is 0 Å². The van der Waals surface area contributed by atoms with Crippen LogP contribution >= 0.6 is 23.2 Å². The first-order valence-corrected chi connectivity index (χ1v) is 4.78. The van der Waals surface area contributed by atoms with Gasteiger partial charge in [-0.05, 0) is 24.5 Å². The van der Waals surface area contributed by atoms with Gasteiger partial charge in [-0.25, -0.2) is 4.39 Å². The Morgan fingerprint density at radius 1 is 1.38 bits per heavy atom. The van der Waals surface area contributed by atoms with Crippen molar-refractivity contribution in [2.45, 2.75) is 18.9 Å². The van der Waals surface area contributed by atoms with Crippen molar-refractivity contribution in [1.82, 2.24) is 0 Å². The zero-order valence-corrected chi connectivity index (χ0v) is 8.29. The van der Waals surface area contributed by atoms with Gasteiger partial charge < -0.3 is 5.73 Å². The number of hydrogen-bond acceptors (Lipinski definition) is 1. The highest BCUT2D eigenvalue weighted by Gasteiger charge is 2.26. The highest BCUT2D eigenvalue weighted by Crippen LogP contribution is 2.38. The van der Waals surface area contributed by atoms with E-state index in [1.807, 2.05) is 0 Å². The predicted molar refractivity (Wildman–Crippen MR) is 51.7 cm³/mol. The Kier molecular flexibility index (Phi) is 2.22. The van der Waals surface area contributed by atoms with Gasteiger partial charge in [0.2, 0.25) is 0 Å². The lowest BCUT2D eigenvalue weighted by Crippen LogP contribution is -2.07. The van der Waals surface area contributed by atoms with E-state index in [1.54, 1.807) is 0 Å². The molecule has 2 rings (SSSR count). The lowest BCUT2D eigenvalue weighted by molar-refractivity contribution is 0.589. The summed E-state index contributed by atoms with van der Waals surface area (Å²) in [4.78, 5) is 0. The molecule has 0 saturated heterocycles. The van der Waals surface area contributed by atoms with Crippen molar-refractivity contribution < 1.29 is 4.39 Å². The predicted octanol–water partition coefficient (Wildman–Crippen LogP) is 3.08. The fourth-order valence-electron chi connectivity index (χ4n) is 1.74. The first-order chi connectivity index (χ1) is 6.11. The Balaban J connectivity index is 2.70. The van der Waals surface area contributed by atoms with Crippen LogP contribution in [0, 0.1) is 5.82 Å². The molecular weight excluding hydrogens is 212 g/mol. The first-order valence-electron chi connectivity index (χ1n) is 4.03. The summed E-state index contributed by atoms with van der Waals surface area (Å²) in [5, 5.41) is 0.579. The van der Waals surface area contributed by atoms with E-state index >= 15 is 0 Å². The molecular formula is C9H8Cl2FN. The standard InChI is InChI=1S/C9H8Cl2FN/c10-5-3-6(11)9(12)8-4(5)1-2-7(8)13/h3,7H,1-2,13H2/t7-/m1/s1. The molecule has 0 bridgehead atoms. The molecule has 0 amide bonds. The Bertz CT molecular complexity index is 365. The molecule has 1 aromatic carbocycles. The van der Waals surface area contributed by atoms with Crippen molar-refractivity contribution >= 4 is 23.2 Å². The summed E-state index contributed by atoms with van der Waals surface area (Å²) in [6.45, 7) is 0. The van der Waals surface area contributed by atoms with E-state index in [0.29, 0.717) is 10.6 Å². The summed E-state index contributed by atoms with van der Waals surface area (Å²) < 4.78 is 13.5. The van der Waals surface area contributed by atoms with Crippen LogP contribution in [0.15, 0.2) is 6.07 Å². The van der Waals surface area contributed by atoms with E-state index in [0.717, 1.165) is 18.4 Å². The van der Waals surface area contributed by atoms with Crippen LogP contribution in [0.5, 0.6) is 0 Å². The van der Waals surface area contributed by atoms with Gasteiger partial charge in [-0.1, -0.05) is 23.2 Å². The summed E-state index contributed by atoms with van der Waals surface area (Å²) in [7, 11) is 0. The molecule has 0 heterocycles. The third-order valence-corrected chi connectivity index (χ3v) is 3.00. The van der Waals surface area contributed by atoms with Crippen LogP contribution in [0.2, 0.25) is 10.0 Å². The van der Waals surface area contributed by atoms with Gasteiger partial charge >= 0.3 is 0 Å². The third kappa shape index (κ3) is 1.33. The van der Waals surface area contributed by atoms with Crippen LogP contribution in [0.1, 0.15) is 23.6 Å². The molecule has 4 heteroatoms. The van der Waals surface area contributed by atoms with Gasteiger partial charge in [-0.15, -0.1) is 0 Å². The Hall–Kier alpha value is -0.310. The lowest BCUT2D eigenvalue weighted by Gasteiger charge is -2.08. The monoisotopic (exact) mass is 219 g/mol. The molecule has 0 aliphatic heterocycles. The average molecular weight is 220 g/mol. The van der Waals surface area contributed by atoms with Gasteiger partial charge in [-0.3, -0.25) is 0 Å². The number of benzene rings is 1. The molecule has 13 heavy (non-hydrogen) atoms. The van der Waals surface area contributed by atoms with Gasteiger partial charge in [0.05, 0.1) is 5.02 Å². The molecule has 2 N–H and O–H groups in total. The minimum atomic E-state index is -0.411. The van der Waals surface area contributed by atoms with Crippen LogP contribution in [0.25, 0.3) is 0 Å². The van der Waals surface area contributed by atoms with E-state index in [4.69, 9.17) is 28.9 Å². The average Bonchev–Trinajstić information content (AvgIpc) is 2.44. The first kappa shape index (κ1) is 9.25. The number of nitrogens with two attached hydrogens (primary N) is 1. The lowest BCUT2D eigenvalue weighted by atomic mass is 10.1. The maximum Gasteiger partial charge on any atom is 0.146 e. The van der Waals surface area contributed by atoms with Gasteiger partial charge in [0.1, 0.15) is 5.82 Å². The minimum Gasteiger partial charge on any atom is -0.324 e. The molecule has 1 aromatic rings. The SMILES string of the molecule is N[C@@H]1CCc2c(Cl)cc(Cl)c(F)c21. The Morgan fingerprint density at radius 2 is 2.08 bits per heavy atom. The van der Waals surface area contributed by atoms with Crippen molar-refractivity contribution in [3.05, 3.63) is 33.1 Å². The maximum atomic E-state index is 13.5. The topological polar surface area (TPSA) is 26.0 Å². The van der Waals surface area contributed by atoms with Gasteiger partial charge in [-0.2, -0.15) is 0 Å². The fourth-order valence-corrected chi connectivity index (χ4v) is 2.31. The van der Waals surface area contributed by atoms with Crippen LogP contribution in [0.3, 0.4) is 0 Å². The van der Waals surface area contributed by atoms with Crippen LogP contribution < -0.4 is 5.73 Å². The Labute approximate surface area is 85.6 Å². The molecule has 0 aromatic heterocycles. The second kappa shape index (κ2) is 3.12. The maximum absolute atomic E-state index is 13.5. The summed E-state index contributed by atoms with van der Waals surface area (Å²) >= 11 is 11.6. The summed E-state index contributed by atoms with van der Waals surface area (Å²) in [6, 6.07) is 1.18. The van der Waals surface area contributed by atoms with Crippen LogP contribution in [0.4, 0.5) is 4.39 Å². The van der Waals surface area contributed by atoms with E-state index < -0.39 is 5.82 Å². The number of fused-ring (bicyclic) bond motifs is 1. The molecule has 1 aliphatic rings. The van der Waals surface area contributed by atoms with E-state index in [2.05, 4.69) is 0 Å². The summed E-state index contributed by atoms with van der Waals surface area (Å²) in [5.41, 5.74) is 7.04. The van der Waals surface area contributed by atoms with Crippen molar-refractivity contribution in [3.8, 4) is 0 Å². The molecule has 1 aliphatic carbocycles. The van der Waals surface area contributed by atoms with Gasteiger partial charge in [0.15, 0.2) is 0 Å². The highest BCUT2D eigenvalue weighted by atomic mass is 35.5. The largest absolute Gasteiger partial charge is 0.324 e. The van der Waals surface area contributed by atoms with Crippen molar-refractivity contribution in [1.29, 1.82) is 0 Å². The zero-order valence-electron chi connectivity index (χ0n) is 6.78. The molecule has 1 nitrogen and oxygen atoms in total. The van der Waals surface area contributed by atoms with Gasteiger partial charge in [0, 0.05) is 16.6 Å². The zero-order chi connectivity index (χ0) is 9.59. The van der Waals surface area contributed by atoms with E-state index in [-0.39, 0.29) is 11.1 Å². The number of hydrogen-bond donors (Lipinski definition) is 1. The normalized spacial score (nSPS) is 20.5. The quantitative estimate of drug-likeness (QED) is 0.668. The minimum absolute atomic E-state index is 0.0566. The van der Waals surface area contributed by atoms with Crippen LogP contribution in [-0.2, 0) is 6.42 Å².